The number of hydrogen-bond donors (Lipinski definition) is 1. The van der Waals surface area contributed by atoms with Gasteiger partial charge in [-0.1, -0.05) is 26.2 Å². The van der Waals surface area contributed by atoms with Crippen LogP contribution in [0.4, 0.5) is 0 Å². The smallest absolute Gasteiger partial charge is 0.0878 e. The van der Waals surface area contributed by atoms with Gasteiger partial charge >= 0.3 is 0 Å². The van der Waals surface area contributed by atoms with Crippen molar-refractivity contribution in [2.24, 2.45) is 17.6 Å². The van der Waals surface area contributed by atoms with Crippen molar-refractivity contribution in [2.45, 2.75) is 70.4 Å². The molecule has 1 aliphatic carbocycles. The van der Waals surface area contributed by atoms with E-state index in [4.69, 9.17) is 15.2 Å². The van der Waals surface area contributed by atoms with E-state index in [1.165, 1.54) is 32.1 Å². The Bertz CT molecular complexity index is 258. The van der Waals surface area contributed by atoms with Crippen LogP contribution >= 0.6 is 0 Å². The van der Waals surface area contributed by atoms with Gasteiger partial charge in [-0.05, 0) is 31.6 Å². The number of nitrogens with two attached hydrogens (primary N) is 1. The van der Waals surface area contributed by atoms with Crippen molar-refractivity contribution in [1.29, 1.82) is 0 Å². The second kappa shape index (κ2) is 7.05. The van der Waals surface area contributed by atoms with Crippen LogP contribution in [0.5, 0.6) is 0 Å². The molecule has 2 aliphatic rings. The van der Waals surface area contributed by atoms with Gasteiger partial charge in [0.05, 0.1) is 5.60 Å². The molecular weight excluding hydrogens is 238 g/mol. The van der Waals surface area contributed by atoms with E-state index in [1.54, 1.807) is 0 Å². The van der Waals surface area contributed by atoms with Gasteiger partial charge in [-0.15, -0.1) is 0 Å². The average molecular weight is 269 g/mol. The third-order valence-electron chi connectivity index (χ3n) is 5.29. The Morgan fingerprint density at radius 2 is 2.00 bits per heavy atom. The lowest BCUT2D eigenvalue weighted by molar-refractivity contribution is -0.132. The van der Waals surface area contributed by atoms with Crippen LogP contribution in [-0.4, -0.2) is 31.5 Å². The third kappa shape index (κ3) is 3.50. The third-order valence-corrected chi connectivity index (χ3v) is 5.29. The first-order chi connectivity index (χ1) is 9.22. The summed E-state index contributed by atoms with van der Waals surface area (Å²) in [5.41, 5.74) is 6.56. The fraction of sp³-hybridized carbons (Fsp3) is 1.00. The van der Waals surface area contributed by atoms with Gasteiger partial charge in [0.15, 0.2) is 0 Å². The highest BCUT2D eigenvalue weighted by Crippen LogP contribution is 2.39. The van der Waals surface area contributed by atoms with E-state index in [1.807, 2.05) is 0 Å². The molecule has 3 nitrogen and oxygen atoms in total. The van der Waals surface area contributed by atoms with Gasteiger partial charge in [0, 0.05) is 38.7 Å². The van der Waals surface area contributed by atoms with E-state index in [9.17, 15) is 0 Å². The second-order valence-electron chi connectivity index (χ2n) is 6.34. The highest BCUT2D eigenvalue weighted by atomic mass is 16.5. The minimum atomic E-state index is -0.118. The van der Waals surface area contributed by atoms with Crippen LogP contribution < -0.4 is 5.73 Å². The Balaban J connectivity index is 2.03. The molecule has 3 unspecified atom stereocenters. The van der Waals surface area contributed by atoms with E-state index >= 15 is 0 Å². The number of hydrogen-bond acceptors (Lipinski definition) is 3. The summed E-state index contributed by atoms with van der Waals surface area (Å²) in [5, 5.41) is 0. The van der Waals surface area contributed by atoms with Crippen molar-refractivity contribution in [1.82, 2.24) is 0 Å². The minimum absolute atomic E-state index is 0.118. The van der Waals surface area contributed by atoms with Crippen LogP contribution in [-0.2, 0) is 9.47 Å². The predicted molar refractivity (Wildman–Crippen MR) is 78.1 cm³/mol. The summed E-state index contributed by atoms with van der Waals surface area (Å²) in [4.78, 5) is 0. The van der Waals surface area contributed by atoms with Crippen molar-refractivity contribution in [3.63, 3.8) is 0 Å². The van der Waals surface area contributed by atoms with E-state index in [0.29, 0.717) is 5.92 Å². The predicted octanol–water partition coefficient (Wildman–Crippen LogP) is 3.12. The lowest BCUT2D eigenvalue weighted by Gasteiger charge is -2.46. The molecule has 0 amide bonds. The van der Waals surface area contributed by atoms with Crippen LogP contribution in [0.25, 0.3) is 0 Å². The molecule has 2 fully saturated rings. The van der Waals surface area contributed by atoms with Crippen molar-refractivity contribution in [3.8, 4) is 0 Å². The molecule has 19 heavy (non-hydrogen) atoms. The van der Waals surface area contributed by atoms with Crippen LogP contribution in [0.15, 0.2) is 0 Å². The Morgan fingerprint density at radius 3 is 2.63 bits per heavy atom. The summed E-state index contributed by atoms with van der Waals surface area (Å²) in [5.74, 6) is 1.52. The van der Waals surface area contributed by atoms with E-state index in [2.05, 4.69) is 13.8 Å². The van der Waals surface area contributed by atoms with Crippen LogP contribution in [0.3, 0.4) is 0 Å². The van der Waals surface area contributed by atoms with Crippen molar-refractivity contribution in [3.05, 3.63) is 0 Å². The van der Waals surface area contributed by atoms with E-state index in [-0.39, 0.29) is 11.6 Å². The van der Waals surface area contributed by atoms with Gasteiger partial charge < -0.3 is 15.2 Å². The molecule has 112 valence electrons. The summed E-state index contributed by atoms with van der Waals surface area (Å²) in [6.45, 7) is 6.76. The van der Waals surface area contributed by atoms with Crippen molar-refractivity contribution in [2.75, 3.05) is 19.8 Å². The Labute approximate surface area is 118 Å². The molecule has 2 rings (SSSR count). The number of ether oxygens (including phenoxy) is 2. The van der Waals surface area contributed by atoms with E-state index < -0.39 is 0 Å². The highest BCUT2D eigenvalue weighted by Gasteiger charge is 2.43. The molecular formula is C16H31NO2. The summed E-state index contributed by atoms with van der Waals surface area (Å²) >= 11 is 0. The Morgan fingerprint density at radius 1 is 1.26 bits per heavy atom. The Hall–Kier alpha value is -0.120. The average Bonchev–Trinajstić information content (AvgIpc) is 2.48. The molecule has 1 aliphatic heterocycles. The first-order valence-corrected chi connectivity index (χ1v) is 8.19. The van der Waals surface area contributed by atoms with E-state index in [0.717, 1.165) is 38.6 Å². The lowest BCUT2D eigenvalue weighted by Crippen LogP contribution is -2.57. The van der Waals surface area contributed by atoms with Crippen molar-refractivity contribution >= 4 is 0 Å². The normalized spacial score (nSPS) is 33.0. The number of rotatable bonds is 5. The molecule has 1 saturated carbocycles. The maximum Gasteiger partial charge on any atom is 0.0878 e. The zero-order valence-corrected chi connectivity index (χ0v) is 12.7. The molecule has 1 heterocycles. The SMILES string of the molecule is CCOC1(C(N)C2CCCC(CC)C2)CCOCC1. The summed E-state index contributed by atoms with van der Waals surface area (Å²) < 4.78 is 11.7. The molecule has 0 bridgehead atoms. The van der Waals surface area contributed by atoms with Gasteiger partial charge in [0.1, 0.15) is 0 Å². The molecule has 0 radical (unpaired) electrons. The van der Waals surface area contributed by atoms with Crippen LogP contribution in [0.1, 0.15) is 58.8 Å². The first-order valence-electron chi connectivity index (χ1n) is 8.19. The maximum absolute atomic E-state index is 6.68. The molecule has 0 aromatic heterocycles. The van der Waals surface area contributed by atoms with Gasteiger partial charge in [-0.25, -0.2) is 0 Å². The molecule has 3 heteroatoms. The maximum atomic E-state index is 6.68. The van der Waals surface area contributed by atoms with Crippen molar-refractivity contribution < 1.29 is 9.47 Å². The van der Waals surface area contributed by atoms with Crippen LogP contribution in [0.2, 0.25) is 0 Å². The summed E-state index contributed by atoms with van der Waals surface area (Å²) in [6, 6.07) is 0.186. The topological polar surface area (TPSA) is 44.5 Å². The summed E-state index contributed by atoms with van der Waals surface area (Å²) in [7, 11) is 0. The van der Waals surface area contributed by atoms with Gasteiger partial charge in [-0.2, -0.15) is 0 Å². The molecule has 0 spiro atoms. The Kier molecular flexibility index (Phi) is 5.67. The van der Waals surface area contributed by atoms with Gasteiger partial charge in [-0.3, -0.25) is 0 Å². The molecule has 0 aromatic rings. The fourth-order valence-corrected chi connectivity index (χ4v) is 4.04. The van der Waals surface area contributed by atoms with Gasteiger partial charge in [0.2, 0.25) is 0 Å². The largest absolute Gasteiger partial charge is 0.381 e. The highest BCUT2D eigenvalue weighted by molar-refractivity contribution is 4.98. The fourth-order valence-electron chi connectivity index (χ4n) is 4.04. The molecule has 0 aromatic carbocycles. The standard InChI is InChI=1S/C16H31NO2/c1-3-13-6-5-7-14(12-13)15(17)16(19-4-2)8-10-18-11-9-16/h13-15H,3-12,17H2,1-2H3. The molecule has 1 saturated heterocycles. The van der Waals surface area contributed by atoms with Crippen LogP contribution in [0, 0.1) is 11.8 Å². The monoisotopic (exact) mass is 269 g/mol. The summed E-state index contributed by atoms with van der Waals surface area (Å²) in [6.07, 6.45) is 8.55. The minimum Gasteiger partial charge on any atom is -0.381 e. The zero-order valence-electron chi connectivity index (χ0n) is 12.7. The van der Waals surface area contributed by atoms with Gasteiger partial charge in [0.25, 0.3) is 0 Å². The quantitative estimate of drug-likeness (QED) is 0.834. The second-order valence-corrected chi connectivity index (χ2v) is 6.34. The molecule has 3 atom stereocenters. The molecule has 2 N–H and O–H groups in total. The first kappa shape index (κ1) is 15.3. The zero-order chi connectivity index (χ0) is 13.7. The lowest BCUT2D eigenvalue weighted by atomic mass is 9.70.